The van der Waals surface area contributed by atoms with Crippen molar-refractivity contribution in [2.45, 2.75) is 277 Å². The molecule has 1 atom stereocenters. The van der Waals surface area contributed by atoms with Crippen LogP contribution in [-0.2, 0) is 4.79 Å². The van der Waals surface area contributed by atoms with Gasteiger partial charge in [0.15, 0.2) is 6.17 Å². The summed E-state index contributed by atoms with van der Waals surface area (Å²) in [6.45, 7) is 8.78. The van der Waals surface area contributed by atoms with E-state index in [2.05, 4.69) is 36.0 Å². The van der Waals surface area contributed by atoms with E-state index in [9.17, 15) is 4.79 Å². The van der Waals surface area contributed by atoms with Gasteiger partial charge in [-0.05, 0) is 19.8 Å². The van der Waals surface area contributed by atoms with Gasteiger partial charge in [-0.25, -0.2) is 4.58 Å². The van der Waals surface area contributed by atoms with Gasteiger partial charge in [-0.1, -0.05) is 239 Å². The molecule has 51 heavy (non-hydrogen) atoms. The minimum Gasteiger partial charge on any atom is -0.318 e. The van der Waals surface area contributed by atoms with E-state index < -0.39 is 0 Å². The second kappa shape index (κ2) is 38.7. The maximum atomic E-state index is 12.7. The fraction of sp³-hybridized carbons (Fsp3) is 0.957. The summed E-state index contributed by atoms with van der Waals surface area (Å²) in [4.78, 5) is 12.7. The van der Waals surface area contributed by atoms with E-state index in [1.807, 2.05) is 0 Å². The third kappa shape index (κ3) is 32.1. The van der Waals surface area contributed by atoms with E-state index in [-0.39, 0.29) is 12.1 Å². The van der Waals surface area contributed by atoms with Gasteiger partial charge in [0.1, 0.15) is 13.1 Å². The number of carbonyl (C=O) groups is 1. The summed E-state index contributed by atoms with van der Waals surface area (Å²) in [5.41, 5.74) is 0. The Labute approximate surface area is 321 Å². The molecule has 2 N–H and O–H groups in total. The predicted octanol–water partition coefficient (Wildman–Crippen LogP) is 14.7. The summed E-state index contributed by atoms with van der Waals surface area (Å²) in [6.07, 6.45) is 53.8. The highest BCUT2D eigenvalue weighted by Gasteiger charge is 2.25. The quantitative estimate of drug-likeness (QED) is 0.0489. The minimum atomic E-state index is 0.0957. The highest BCUT2D eigenvalue weighted by molar-refractivity contribution is 5.79. The first-order valence-electron chi connectivity index (χ1n) is 23.8. The van der Waals surface area contributed by atoms with Gasteiger partial charge in [-0.2, -0.15) is 0 Å². The first-order chi connectivity index (χ1) is 25.2. The van der Waals surface area contributed by atoms with E-state index >= 15 is 0 Å². The number of amidine groups is 1. The van der Waals surface area contributed by atoms with Crippen molar-refractivity contribution >= 4 is 11.7 Å². The van der Waals surface area contributed by atoms with E-state index in [1.165, 1.54) is 237 Å². The van der Waals surface area contributed by atoms with Crippen molar-refractivity contribution in [3.8, 4) is 0 Å². The van der Waals surface area contributed by atoms with Crippen molar-refractivity contribution in [1.82, 2.24) is 10.6 Å². The third-order valence-electron chi connectivity index (χ3n) is 11.6. The average molecular weight is 717 g/mol. The summed E-state index contributed by atoms with van der Waals surface area (Å²) in [7, 11) is 0. The lowest BCUT2D eigenvalue weighted by Crippen LogP contribution is -2.42. The monoisotopic (exact) mass is 717 g/mol. The Hall–Kier alpha value is -1.06. The maximum Gasteiger partial charge on any atom is 0.246 e. The Kier molecular flexibility index (Phi) is 36.4. The minimum absolute atomic E-state index is 0.0957. The highest BCUT2D eigenvalue weighted by atomic mass is 16.1. The molecule has 1 amide bonds. The van der Waals surface area contributed by atoms with Crippen molar-refractivity contribution < 1.29 is 9.37 Å². The molecule has 0 saturated heterocycles. The molecule has 0 bridgehead atoms. The topological polar surface area (TPSA) is 44.1 Å². The molecule has 0 spiro atoms. The number of hydrogen-bond donors (Lipinski definition) is 2. The van der Waals surface area contributed by atoms with Crippen LogP contribution < -0.4 is 10.6 Å². The van der Waals surface area contributed by atoms with Crippen molar-refractivity contribution in [2.75, 3.05) is 13.1 Å². The zero-order valence-electron chi connectivity index (χ0n) is 35.4. The Morgan fingerprint density at radius 1 is 0.490 bits per heavy atom. The van der Waals surface area contributed by atoms with E-state index in [4.69, 9.17) is 0 Å². The van der Waals surface area contributed by atoms with Crippen LogP contribution in [0.2, 0.25) is 0 Å². The molecule has 302 valence electrons. The van der Waals surface area contributed by atoms with Gasteiger partial charge in [-0.3, -0.25) is 10.1 Å². The van der Waals surface area contributed by atoms with Crippen LogP contribution in [0, 0.1) is 0 Å². The third-order valence-corrected chi connectivity index (χ3v) is 11.6. The molecule has 4 nitrogen and oxygen atoms in total. The van der Waals surface area contributed by atoms with Gasteiger partial charge in [0.2, 0.25) is 11.7 Å². The van der Waals surface area contributed by atoms with Crippen LogP contribution in [0.3, 0.4) is 0 Å². The molecular formula is C47H94N3O+. The van der Waals surface area contributed by atoms with Crippen molar-refractivity contribution in [3.63, 3.8) is 0 Å². The van der Waals surface area contributed by atoms with Gasteiger partial charge in [-0.15, -0.1) is 0 Å². The summed E-state index contributed by atoms with van der Waals surface area (Å²) < 4.78 is 2.40. The van der Waals surface area contributed by atoms with Gasteiger partial charge in [0, 0.05) is 12.8 Å². The molecule has 0 saturated carbocycles. The Morgan fingerprint density at radius 2 is 0.784 bits per heavy atom. The van der Waals surface area contributed by atoms with E-state index in [0.29, 0.717) is 6.42 Å². The van der Waals surface area contributed by atoms with E-state index in [0.717, 1.165) is 25.9 Å². The fourth-order valence-electron chi connectivity index (χ4n) is 8.16. The van der Waals surface area contributed by atoms with Crippen molar-refractivity contribution in [2.24, 2.45) is 0 Å². The highest BCUT2D eigenvalue weighted by Crippen LogP contribution is 2.17. The largest absolute Gasteiger partial charge is 0.318 e. The molecule has 1 unspecified atom stereocenters. The van der Waals surface area contributed by atoms with Crippen LogP contribution in [0.25, 0.3) is 0 Å². The molecule has 0 aromatic carbocycles. The molecule has 1 heterocycles. The Bertz CT molecular complexity index is 765. The van der Waals surface area contributed by atoms with Crippen LogP contribution >= 0.6 is 0 Å². The SMILES string of the molecule is CCCCCCCCCCCCCCCCCCCCCC1=[N+](C(C)NC(=O)CCCCCCCCCCCCCCCCCCCC)CCN1. The van der Waals surface area contributed by atoms with Crippen molar-refractivity contribution in [1.29, 1.82) is 0 Å². The number of rotatable bonds is 41. The van der Waals surface area contributed by atoms with Gasteiger partial charge in [0.25, 0.3) is 0 Å². The van der Waals surface area contributed by atoms with Gasteiger partial charge >= 0.3 is 0 Å². The lowest BCUT2D eigenvalue weighted by Gasteiger charge is -2.15. The number of amides is 1. The first-order valence-corrected chi connectivity index (χ1v) is 23.8. The van der Waals surface area contributed by atoms with E-state index in [1.54, 1.807) is 0 Å². The fourth-order valence-corrected chi connectivity index (χ4v) is 8.16. The number of carbonyl (C=O) groups excluding carboxylic acids is 1. The number of unbranched alkanes of at least 4 members (excludes halogenated alkanes) is 35. The number of nitrogens with zero attached hydrogens (tertiary/aromatic N) is 1. The maximum absolute atomic E-state index is 12.7. The molecule has 1 aliphatic rings. The first kappa shape index (κ1) is 48.0. The van der Waals surface area contributed by atoms with Crippen LogP contribution in [0.5, 0.6) is 0 Å². The molecule has 0 aliphatic carbocycles. The molecule has 0 radical (unpaired) electrons. The zero-order chi connectivity index (χ0) is 36.7. The average Bonchev–Trinajstić information content (AvgIpc) is 3.61. The summed E-state index contributed by atoms with van der Waals surface area (Å²) >= 11 is 0. The second-order valence-corrected chi connectivity index (χ2v) is 16.7. The van der Waals surface area contributed by atoms with Gasteiger partial charge < -0.3 is 5.32 Å². The predicted molar refractivity (Wildman–Crippen MR) is 227 cm³/mol. The van der Waals surface area contributed by atoms with Crippen LogP contribution in [0.4, 0.5) is 0 Å². The summed E-state index contributed by atoms with van der Waals surface area (Å²) in [5, 5.41) is 6.91. The molecular weight excluding hydrogens is 623 g/mol. The zero-order valence-corrected chi connectivity index (χ0v) is 35.4. The second-order valence-electron chi connectivity index (χ2n) is 16.7. The normalized spacial score (nSPS) is 13.6. The molecule has 0 aromatic heterocycles. The van der Waals surface area contributed by atoms with Crippen LogP contribution in [0.1, 0.15) is 271 Å². The standard InChI is InChI=1S/C47H93N3O/c1-4-6-8-10-12-14-16-18-20-22-24-25-27-29-31-33-35-37-39-41-46-48-43-44-50(46)45(3)49-47(51)42-40-38-36-34-32-30-28-26-23-21-19-17-15-13-11-9-7-5-2/h45H,4-44H2,1-3H3,(H,49,51)/p+1. The molecule has 1 rings (SSSR count). The Morgan fingerprint density at radius 3 is 1.12 bits per heavy atom. The van der Waals surface area contributed by atoms with Crippen LogP contribution in [-0.4, -0.2) is 35.6 Å². The van der Waals surface area contributed by atoms with Crippen molar-refractivity contribution in [3.05, 3.63) is 0 Å². The lowest BCUT2D eigenvalue weighted by molar-refractivity contribution is -0.558. The summed E-state index contributed by atoms with van der Waals surface area (Å²) in [6, 6.07) is 0. The molecule has 0 fully saturated rings. The molecule has 4 heteroatoms. The smallest absolute Gasteiger partial charge is 0.246 e. The number of hydrogen-bond acceptors (Lipinski definition) is 2. The molecule has 0 aromatic rings. The van der Waals surface area contributed by atoms with Crippen LogP contribution in [0.15, 0.2) is 0 Å². The Balaban J connectivity index is 1.90. The summed E-state index contributed by atoms with van der Waals surface area (Å²) in [5.74, 6) is 1.58. The lowest BCUT2D eigenvalue weighted by atomic mass is 10.0. The molecule has 1 aliphatic heterocycles. The number of nitrogens with one attached hydrogen (secondary N) is 2. The van der Waals surface area contributed by atoms with Gasteiger partial charge in [0.05, 0.1) is 0 Å².